The van der Waals surface area contributed by atoms with E-state index in [1.807, 2.05) is 27.8 Å². The first-order valence-electron chi connectivity index (χ1n) is 8.00. The SMILES string of the molecule is CC1CCCC1NCc1cnn(C)c1NC(=O)OC(C)(C)C. The van der Waals surface area contributed by atoms with Gasteiger partial charge in [0.1, 0.15) is 11.4 Å². The summed E-state index contributed by atoms with van der Waals surface area (Å²) < 4.78 is 6.97. The number of hydrogen-bond acceptors (Lipinski definition) is 4. The number of carbonyl (C=O) groups excluding carboxylic acids is 1. The van der Waals surface area contributed by atoms with E-state index in [2.05, 4.69) is 22.7 Å². The molecule has 22 heavy (non-hydrogen) atoms. The van der Waals surface area contributed by atoms with Crippen LogP contribution in [0.1, 0.15) is 52.5 Å². The number of rotatable bonds is 4. The first kappa shape index (κ1) is 16.8. The summed E-state index contributed by atoms with van der Waals surface area (Å²) in [4.78, 5) is 11.9. The lowest BCUT2D eigenvalue weighted by Crippen LogP contribution is -2.31. The van der Waals surface area contributed by atoms with Gasteiger partial charge in [-0.1, -0.05) is 13.3 Å². The van der Waals surface area contributed by atoms with Gasteiger partial charge in [0.2, 0.25) is 0 Å². The Kier molecular flexibility index (Phi) is 5.11. The molecule has 1 amide bonds. The fourth-order valence-corrected chi connectivity index (χ4v) is 2.86. The van der Waals surface area contributed by atoms with Gasteiger partial charge in [-0.25, -0.2) is 4.79 Å². The summed E-state index contributed by atoms with van der Waals surface area (Å²) in [5.74, 6) is 1.39. The molecule has 0 aromatic carbocycles. The molecule has 6 heteroatoms. The zero-order valence-corrected chi connectivity index (χ0v) is 14.3. The molecule has 0 bridgehead atoms. The van der Waals surface area contributed by atoms with Crippen LogP contribution in [0.15, 0.2) is 6.20 Å². The first-order chi connectivity index (χ1) is 10.3. The number of hydrogen-bond donors (Lipinski definition) is 2. The minimum Gasteiger partial charge on any atom is -0.444 e. The van der Waals surface area contributed by atoms with Crippen LogP contribution in [0.2, 0.25) is 0 Å². The van der Waals surface area contributed by atoms with E-state index in [-0.39, 0.29) is 0 Å². The third-order valence-corrected chi connectivity index (χ3v) is 4.05. The number of nitrogens with one attached hydrogen (secondary N) is 2. The third kappa shape index (κ3) is 4.47. The smallest absolute Gasteiger partial charge is 0.413 e. The highest BCUT2D eigenvalue weighted by atomic mass is 16.6. The molecule has 0 saturated heterocycles. The van der Waals surface area contributed by atoms with Crippen molar-refractivity contribution in [2.45, 2.75) is 65.1 Å². The summed E-state index contributed by atoms with van der Waals surface area (Å²) in [6.07, 6.45) is 5.13. The second-order valence-electron chi connectivity index (χ2n) is 7.16. The fourth-order valence-electron chi connectivity index (χ4n) is 2.86. The Bertz CT molecular complexity index is 519. The highest BCUT2D eigenvalue weighted by Gasteiger charge is 2.24. The van der Waals surface area contributed by atoms with Gasteiger partial charge in [-0.2, -0.15) is 5.10 Å². The molecule has 2 rings (SSSR count). The molecule has 2 N–H and O–H groups in total. The molecule has 1 aliphatic rings. The molecular weight excluding hydrogens is 280 g/mol. The van der Waals surface area contributed by atoms with Crippen molar-refractivity contribution in [3.8, 4) is 0 Å². The molecule has 1 aromatic rings. The normalized spacial score (nSPS) is 21.9. The summed E-state index contributed by atoms with van der Waals surface area (Å²) in [5.41, 5.74) is 0.466. The second kappa shape index (κ2) is 6.69. The Labute approximate surface area is 132 Å². The number of nitrogens with zero attached hydrogens (tertiary/aromatic N) is 2. The molecule has 0 aliphatic heterocycles. The van der Waals surface area contributed by atoms with Gasteiger partial charge < -0.3 is 10.1 Å². The van der Waals surface area contributed by atoms with Crippen LogP contribution < -0.4 is 10.6 Å². The van der Waals surface area contributed by atoms with Gasteiger partial charge in [0.15, 0.2) is 0 Å². The molecule has 1 fully saturated rings. The molecule has 124 valence electrons. The van der Waals surface area contributed by atoms with E-state index in [9.17, 15) is 4.79 Å². The van der Waals surface area contributed by atoms with Gasteiger partial charge in [0.05, 0.1) is 6.20 Å². The van der Waals surface area contributed by atoms with Crippen molar-refractivity contribution in [1.82, 2.24) is 15.1 Å². The Balaban J connectivity index is 1.97. The number of aryl methyl sites for hydroxylation is 1. The minimum atomic E-state index is -0.514. The molecule has 6 nitrogen and oxygen atoms in total. The van der Waals surface area contributed by atoms with Crippen LogP contribution in [0.3, 0.4) is 0 Å². The van der Waals surface area contributed by atoms with Crippen LogP contribution in [-0.2, 0) is 18.3 Å². The summed E-state index contributed by atoms with van der Waals surface area (Å²) in [6.45, 7) is 8.53. The lowest BCUT2D eigenvalue weighted by Gasteiger charge is -2.20. The summed E-state index contributed by atoms with van der Waals surface area (Å²) in [7, 11) is 1.81. The lowest BCUT2D eigenvalue weighted by atomic mass is 10.1. The van der Waals surface area contributed by atoms with Gasteiger partial charge in [0, 0.05) is 25.2 Å². The quantitative estimate of drug-likeness (QED) is 0.897. The van der Waals surface area contributed by atoms with E-state index >= 15 is 0 Å². The van der Waals surface area contributed by atoms with E-state index in [0.717, 1.165) is 5.56 Å². The van der Waals surface area contributed by atoms with Gasteiger partial charge >= 0.3 is 6.09 Å². The molecule has 0 spiro atoms. The van der Waals surface area contributed by atoms with Gasteiger partial charge in [-0.05, 0) is 39.5 Å². The van der Waals surface area contributed by atoms with Crippen molar-refractivity contribution >= 4 is 11.9 Å². The Hall–Kier alpha value is -1.56. The highest BCUT2D eigenvalue weighted by molar-refractivity contribution is 5.84. The number of amides is 1. The zero-order valence-electron chi connectivity index (χ0n) is 14.3. The molecular formula is C16H28N4O2. The maximum atomic E-state index is 11.9. The third-order valence-electron chi connectivity index (χ3n) is 4.05. The molecule has 1 saturated carbocycles. The second-order valence-corrected chi connectivity index (χ2v) is 7.16. The van der Waals surface area contributed by atoms with Crippen LogP contribution in [0, 0.1) is 5.92 Å². The van der Waals surface area contributed by atoms with Crippen molar-refractivity contribution in [3.63, 3.8) is 0 Å². The summed E-state index contributed by atoms with van der Waals surface area (Å²) in [5, 5.41) is 10.6. The molecule has 1 aliphatic carbocycles. The maximum absolute atomic E-state index is 11.9. The van der Waals surface area contributed by atoms with E-state index in [1.54, 1.807) is 10.9 Å². The molecule has 1 aromatic heterocycles. The van der Waals surface area contributed by atoms with E-state index in [0.29, 0.717) is 24.3 Å². The van der Waals surface area contributed by atoms with Crippen molar-refractivity contribution in [3.05, 3.63) is 11.8 Å². The van der Waals surface area contributed by atoms with Crippen LogP contribution in [0.5, 0.6) is 0 Å². The molecule has 2 atom stereocenters. The predicted molar refractivity (Wildman–Crippen MR) is 86.7 cm³/mol. The molecule has 0 radical (unpaired) electrons. The Morgan fingerprint density at radius 3 is 2.77 bits per heavy atom. The largest absolute Gasteiger partial charge is 0.444 e. The predicted octanol–water partition coefficient (Wildman–Crippen LogP) is 3.05. The average Bonchev–Trinajstić information content (AvgIpc) is 2.93. The van der Waals surface area contributed by atoms with Gasteiger partial charge in [0.25, 0.3) is 0 Å². The maximum Gasteiger partial charge on any atom is 0.413 e. The Morgan fingerprint density at radius 1 is 1.45 bits per heavy atom. The molecule has 2 unspecified atom stereocenters. The van der Waals surface area contributed by atoms with Gasteiger partial charge in [-0.3, -0.25) is 10.00 Å². The monoisotopic (exact) mass is 308 g/mol. The van der Waals surface area contributed by atoms with Crippen molar-refractivity contribution < 1.29 is 9.53 Å². The number of aromatic nitrogens is 2. The topological polar surface area (TPSA) is 68.2 Å². The summed E-state index contributed by atoms with van der Waals surface area (Å²) in [6, 6.07) is 0.551. The van der Waals surface area contributed by atoms with E-state index < -0.39 is 11.7 Å². The van der Waals surface area contributed by atoms with Gasteiger partial charge in [-0.15, -0.1) is 0 Å². The van der Waals surface area contributed by atoms with Crippen LogP contribution >= 0.6 is 0 Å². The zero-order chi connectivity index (χ0) is 16.3. The fraction of sp³-hybridized carbons (Fsp3) is 0.750. The average molecular weight is 308 g/mol. The molecule has 1 heterocycles. The van der Waals surface area contributed by atoms with Crippen molar-refractivity contribution in [2.75, 3.05) is 5.32 Å². The first-order valence-corrected chi connectivity index (χ1v) is 8.00. The van der Waals surface area contributed by atoms with Crippen LogP contribution in [-0.4, -0.2) is 27.5 Å². The standard InChI is InChI=1S/C16H28N4O2/c1-11-7-6-8-13(11)17-9-12-10-18-20(5)14(12)19-15(21)22-16(2,3)4/h10-11,13,17H,6-9H2,1-5H3,(H,19,21). The van der Waals surface area contributed by atoms with Crippen molar-refractivity contribution in [1.29, 1.82) is 0 Å². The highest BCUT2D eigenvalue weighted by Crippen LogP contribution is 2.25. The number of anilines is 1. The minimum absolute atomic E-state index is 0.452. The van der Waals surface area contributed by atoms with E-state index in [1.165, 1.54) is 19.3 Å². The van der Waals surface area contributed by atoms with Crippen molar-refractivity contribution in [2.24, 2.45) is 13.0 Å². The Morgan fingerprint density at radius 2 is 2.18 bits per heavy atom. The number of carbonyl (C=O) groups is 1. The summed E-state index contributed by atoms with van der Waals surface area (Å²) >= 11 is 0. The van der Waals surface area contributed by atoms with Crippen LogP contribution in [0.4, 0.5) is 10.6 Å². The van der Waals surface area contributed by atoms with Crippen LogP contribution in [0.25, 0.3) is 0 Å². The number of ether oxygens (including phenoxy) is 1. The van der Waals surface area contributed by atoms with E-state index in [4.69, 9.17) is 4.74 Å². The lowest BCUT2D eigenvalue weighted by molar-refractivity contribution is 0.0634.